The van der Waals surface area contributed by atoms with E-state index < -0.39 is 0 Å². The van der Waals surface area contributed by atoms with Crippen molar-refractivity contribution in [1.29, 1.82) is 0 Å². The van der Waals surface area contributed by atoms with Crippen molar-refractivity contribution in [2.75, 3.05) is 19.6 Å². The van der Waals surface area contributed by atoms with Gasteiger partial charge >= 0.3 is 0 Å². The van der Waals surface area contributed by atoms with Gasteiger partial charge in [-0.15, -0.1) is 0 Å². The van der Waals surface area contributed by atoms with Crippen molar-refractivity contribution in [2.24, 2.45) is 11.1 Å². The number of hydrogen-bond acceptors (Lipinski definition) is 3. The summed E-state index contributed by atoms with van der Waals surface area (Å²) < 4.78 is 0. The maximum Gasteiger partial charge on any atom is 0.253 e. The minimum Gasteiger partial charge on any atom is -0.353 e. The first-order valence-corrected chi connectivity index (χ1v) is 9.96. The summed E-state index contributed by atoms with van der Waals surface area (Å²) in [6.45, 7) is 1.99. The standard InChI is InChI=1S/C21H31N3O2/c22-16-21(11-5-2-6-12-21)15-19(25)23-18-9-13-24(14-10-18)20(26)17-7-3-1-4-8-17/h1,3-4,7-8,18H,2,5-6,9-16,22H2,(H,23,25). The van der Waals surface area contributed by atoms with E-state index in [1.54, 1.807) is 0 Å². The summed E-state index contributed by atoms with van der Waals surface area (Å²) >= 11 is 0. The predicted octanol–water partition coefficient (Wildman–Crippen LogP) is 2.71. The summed E-state index contributed by atoms with van der Waals surface area (Å²) in [5, 5.41) is 3.19. The number of carbonyl (C=O) groups is 2. The monoisotopic (exact) mass is 357 g/mol. The van der Waals surface area contributed by atoms with Gasteiger partial charge in [0.2, 0.25) is 5.91 Å². The van der Waals surface area contributed by atoms with Gasteiger partial charge in [-0.3, -0.25) is 9.59 Å². The Morgan fingerprint density at radius 3 is 2.35 bits per heavy atom. The van der Waals surface area contributed by atoms with Gasteiger partial charge in [0.25, 0.3) is 5.91 Å². The molecule has 1 heterocycles. The van der Waals surface area contributed by atoms with Crippen LogP contribution in [0.1, 0.15) is 61.7 Å². The molecule has 0 unspecified atom stereocenters. The van der Waals surface area contributed by atoms with Crippen LogP contribution in [0.5, 0.6) is 0 Å². The summed E-state index contributed by atoms with van der Waals surface area (Å²) in [6.07, 6.45) is 7.96. The van der Waals surface area contributed by atoms with Gasteiger partial charge in [0.1, 0.15) is 0 Å². The maximum atomic E-state index is 12.5. The van der Waals surface area contributed by atoms with Gasteiger partial charge in [0.05, 0.1) is 0 Å². The average molecular weight is 357 g/mol. The average Bonchev–Trinajstić information content (AvgIpc) is 2.69. The van der Waals surface area contributed by atoms with E-state index in [-0.39, 0.29) is 23.3 Å². The number of carbonyl (C=O) groups excluding carboxylic acids is 2. The molecule has 5 nitrogen and oxygen atoms in total. The lowest BCUT2D eigenvalue weighted by atomic mass is 9.71. The lowest BCUT2D eigenvalue weighted by Gasteiger charge is -2.37. The first-order valence-electron chi connectivity index (χ1n) is 9.96. The second-order valence-corrected chi connectivity index (χ2v) is 7.94. The number of nitrogens with zero attached hydrogens (tertiary/aromatic N) is 1. The first-order chi connectivity index (χ1) is 12.6. The molecule has 3 rings (SSSR count). The molecule has 5 heteroatoms. The summed E-state index contributed by atoms with van der Waals surface area (Å²) in [5.74, 6) is 0.213. The van der Waals surface area contributed by atoms with Crippen LogP contribution in [-0.4, -0.2) is 42.4 Å². The molecule has 0 atom stereocenters. The second kappa shape index (κ2) is 8.67. The van der Waals surface area contributed by atoms with Crippen LogP contribution in [0.3, 0.4) is 0 Å². The molecule has 0 spiro atoms. The number of nitrogens with two attached hydrogens (primary N) is 1. The zero-order valence-electron chi connectivity index (χ0n) is 15.6. The van der Waals surface area contributed by atoms with Gasteiger partial charge < -0.3 is 16.0 Å². The number of rotatable bonds is 5. The van der Waals surface area contributed by atoms with Crippen molar-refractivity contribution in [3.8, 4) is 0 Å². The zero-order valence-corrected chi connectivity index (χ0v) is 15.6. The molecule has 1 aliphatic carbocycles. The highest BCUT2D eigenvalue weighted by Gasteiger charge is 2.34. The van der Waals surface area contributed by atoms with Crippen molar-refractivity contribution in [3.63, 3.8) is 0 Å². The predicted molar refractivity (Wildman–Crippen MR) is 103 cm³/mol. The van der Waals surface area contributed by atoms with Crippen molar-refractivity contribution in [1.82, 2.24) is 10.2 Å². The lowest BCUT2D eigenvalue weighted by molar-refractivity contribution is -0.124. The van der Waals surface area contributed by atoms with E-state index in [2.05, 4.69) is 5.32 Å². The number of piperidine rings is 1. The Labute approximate surface area is 156 Å². The van der Waals surface area contributed by atoms with Gasteiger partial charge in [0.15, 0.2) is 0 Å². The van der Waals surface area contributed by atoms with Crippen LogP contribution in [0.4, 0.5) is 0 Å². The quantitative estimate of drug-likeness (QED) is 0.851. The molecule has 0 radical (unpaired) electrons. The van der Waals surface area contributed by atoms with E-state index in [4.69, 9.17) is 5.73 Å². The molecular formula is C21H31N3O2. The van der Waals surface area contributed by atoms with E-state index in [1.807, 2.05) is 35.2 Å². The van der Waals surface area contributed by atoms with E-state index in [1.165, 1.54) is 19.3 Å². The SMILES string of the molecule is NCC1(CC(=O)NC2CCN(C(=O)c3ccccc3)CC2)CCCCC1. The molecule has 1 saturated heterocycles. The minimum atomic E-state index is 0.00626. The van der Waals surface area contributed by atoms with E-state index in [9.17, 15) is 9.59 Å². The normalized spacial score (nSPS) is 20.6. The topological polar surface area (TPSA) is 75.4 Å². The summed E-state index contributed by atoms with van der Waals surface area (Å²) in [6, 6.07) is 9.57. The number of nitrogens with one attached hydrogen (secondary N) is 1. The Bertz CT molecular complexity index is 603. The van der Waals surface area contributed by atoms with Crippen LogP contribution in [0.2, 0.25) is 0 Å². The van der Waals surface area contributed by atoms with E-state index in [0.29, 0.717) is 26.1 Å². The van der Waals surface area contributed by atoms with Crippen molar-refractivity contribution in [2.45, 2.75) is 57.4 Å². The Morgan fingerprint density at radius 2 is 1.73 bits per heavy atom. The van der Waals surface area contributed by atoms with Gasteiger partial charge in [-0.05, 0) is 49.8 Å². The molecule has 3 N–H and O–H groups in total. The Kier molecular flexibility index (Phi) is 6.30. The lowest BCUT2D eigenvalue weighted by Crippen LogP contribution is -2.48. The van der Waals surface area contributed by atoms with Crippen LogP contribution in [-0.2, 0) is 4.79 Å². The molecule has 0 bridgehead atoms. The number of amides is 2. The smallest absolute Gasteiger partial charge is 0.253 e. The molecule has 1 aromatic carbocycles. The maximum absolute atomic E-state index is 12.5. The molecule has 1 aromatic rings. The molecule has 2 aliphatic rings. The number of likely N-dealkylation sites (tertiary alicyclic amines) is 1. The van der Waals surface area contributed by atoms with Crippen LogP contribution in [0, 0.1) is 5.41 Å². The third-order valence-electron chi connectivity index (χ3n) is 6.05. The fourth-order valence-corrected chi connectivity index (χ4v) is 4.36. The largest absolute Gasteiger partial charge is 0.353 e. The van der Waals surface area contributed by atoms with Crippen LogP contribution < -0.4 is 11.1 Å². The van der Waals surface area contributed by atoms with Crippen molar-refractivity contribution < 1.29 is 9.59 Å². The molecule has 1 aliphatic heterocycles. The Balaban J connectivity index is 1.46. The minimum absolute atomic E-state index is 0.00626. The summed E-state index contributed by atoms with van der Waals surface area (Å²) in [7, 11) is 0. The van der Waals surface area contributed by atoms with Gasteiger partial charge in [-0.25, -0.2) is 0 Å². The third kappa shape index (κ3) is 4.64. The van der Waals surface area contributed by atoms with E-state index >= 15 is 0 Å². The highest BCUT2D eigenvalue weighted by atomic mass is 16.2. The Morgan fingerprint density at radius 1 is 1.08 bits per heavy atom. The Hall–Kier alpha value is -1.88. The molecule has 0 aromatic heterocycles. The molecule has 2 fully saturated rings. The van der Waals surface area contributed by atoms with Crippen molar-refractivity contribution in [3.05, 3.63) is 35.9 Å². The molecule has 142 valence electrons. The number of benzene rings is 1. The molecule has 26 heavy (non-hydrogen) atoms. The highest BCUT2D eigenvalue weighted by Crippen LogP contribution is 2.38. The fraction of sp³-hybridized carbons (Fsp3) is 0.619. The van der Waals surface area contributed by atoms with Crippen molar-refractivity contribution >= 4 is 11.8 Å². The van der Waals surface area contributed by atoms with Gasteiger partial charge in [0, 0.05) is 31.1 Å². The highest BCUT2D eigenvalue weighted by molar-refractivity contribution is 5.94. The molecule has 1 saturated carbocycles. The molecular weight excluding hydrogens is 326 g/mol. The molecule has 2 amide bonds. The van der Waals surface area contributed by atoms with E-state index in [0.717, 1.165) is 31.2 Å². The summed E-state index contributed by atoms with van der Waals surface area (Å²) in [4.78, 5) is 26.9. The van der Waals surface area contributed by atoms with Crippen LogP contribution >= 0.6 is 0 Å². The fourth-order valence-electron chi connectivity index (χ4n) is 4.36. The van der Waals surface area contributed by atoms with Crippen LogP contribution in [0.25, 0.3) is 0 Å². The first kappa shape index (κ1) is 18.9. The number of hydrogen-bond donors (Lipinski definition) is 2. The third-order valence-corrected chi connectivity index (χ3v) is 6.05. The van der Waals surface area contributed by atoms with Crippen LogP contribution in [0.15, 0.2) is 30.3 Å². The zero-order chi connectivity index (χ0) is 18.4. The van der Waals surface area contributed by atoms with Gasteiger partial charge in [-0.2, -0.15) is 0 Å². The summed E-state index contributed by atoms with van der Waals surface area (Å²) in [5.41, 5.74) is 6.74. The van der Waals surface area contributed by atoms with Gasteiger partial charge in [-0.1, -0.05) is 37.5 Å². The second-order valence-electron chi connectivity index (χ2n) is 7.94.